The minimum absolute atomic E-state index is 0.160. The monoisotopic (exact) mass is 503 g/mol. The van der Waals surface area contributed by atoms with E-state index in [1.807, 2.05) is 6.92 Å². The summed E-state index contributed by atoms with van der Waals surface area (Å²) in [6, 6.07) is 15.7. The summed E-state index contributed by atoms with van der Waals surface area (Å²) in [7, 11) is 0. The molecule has 3 aromatic carbocycles. The second-order valence-corrected chi connectivity index (χ2v) is 7.95. The minimum atomic E-state index is -0.970. The van der Waals surface area contributed by atoms with Crippen LogP contribution in [0.2, 0.25) is 15.1 Å². The van der Waals surface area contributed by atoms with Crippen molar-refractivity contribution in [1.82, 2.24) is 5.43 Å². The molecule has 0 fully saturated rings. The number of carbonyl (C=O) groups excluding carboxylic acids is 3. The molecule has 0 spiro atoms. The van der Waals surface area contributed by atoms with Gasteiger partial charge in [0.2, 0.25) is 0 Å². The van der Waals surface area contributed by atoms with Gasteiger partial charge in [-0.25, -0.2) is 10.2 Å². The number of benzene rings is 3. The van der Waals surface area contributed by atoms with Crippen LogP contribution in [-0.4, -0.2) is 24.0 Å². The zero-order valence-corrected chi connectivity index (χ0v) is 19.3. The average Bonchev–Trinajstić information content (AvgIpc) is 2.76. The number of hydrogen-bond donors (Lipinski definition) is 2. The summed E-state index contributed by atoms with van der Waals surface area (Å²) in [5.41, 5.74) is 4.01. The van der Waals surface area contributed by atoms with Gasteiger partial charge in [0.05, 0.1) is 16.8 Å². The van der Waals surface area contributed by atoms with Crippen LogP contribution in [0.5, 0.6) is 5.75 Å². The number of rotatable bonds is 5. The van der Waals surface area contributed by atoms with Gasteiger partial charge < -0.3 is 10.1 Å². The lowest BCUT2D eigenvalue weighted by molar-refractivity contribution is -0.136. The quantitative estimate of drug-likeness (QED) is 0.163. The van der Waals surface area contributed by atoms with Crippen LogP contribution in [0.3, 0.4) is 0 Å². The van der Waals surface area contributed by atoms with Gasteiger partial charge >= 0.3 is 17.8 Å². The molecule has 10 heteroatoms. The third kappa shape index (κ3) is 6.79. The predicted molar refractivity (Wildman–Crippen MR) is 128 cm³/mol. The Hall–Kier alpha value is -3.39. The van der Waals surface area contributed by atoms with E-state index >= 15 is 0 Å². The van der Waals surface area contributed by atoms with Crippen LogP contribution in [-0.2, 0) is 9.59 Å². The van der Waals surface area contributed by atoms with E-state index < -0.39 is 17.8 Å². The highest BCUT2D eigenvalue weighted by atomic mass is 35.5. The van der Waals surface area contributed by atoms with Crippen LogP contribution in [0, 0.1) is 6.92 Å². The molecule has 0 saturated carbocycles. The van der Waals surface area contributed by atoms with Crippen molar-refractivity contribution < 1.29 is 19.1 Å². The lowest BCUT2D eigenvalue weighted by Gasteiger charge is -2.07. The molecule has 0 saturated heterocycles. The number of aryl methyl sites for hydroxylation is 1. The smallest absolute Gasteiger partial charge is 0.345 e. The zero-order chi connectivity index (χ0) is 24.0. The van der Waals surface area contributed by atoms with Crippen LogP contribution in [0.25, 0.3) is 0 Å². The van der Waals surface area contributed by atoms with E-state index in [4.69, 9.17) is 39.5 Å². The SMILES string of the molecule is Cc1ccc(NC(=O)C(=O)N/N=C\c2cccc(OC(=O)c3ccc(Cl)cc3Cl)c2)cc1Cl. The minimum Gasteiger partial charge on any atom is -0.423 e. The number of ether oxygens (including phenoxy) is 1. The molecule has 0 aliphatic carbocycles. The number of hydrogen-bond acceptors (Lipinski definition) is 5. The third-order valence-corrected chi connectivity index (χ3v) is 5.19. The predicted octanol–water partition coefficient (Wildman–Crippen LogP) is 5.26. The maximum atomic E-state index is 12.3. The van der Waals surface area contributed by atoms with Crippen molar-refractivity contribution in [2.45, 2.75) is 6.92 Å². The maximum absolute atomic E-state index is 12.3. The molecule has 0 bridgehead atoms. The second kappa shape index (κ2) is 11.0. The fourth-order valence-corrected chi connectivity index (χ4v) is 3.22. The summed E-state index contributed by atoms with van der Waals surface area (Å²) in [5, 5.41) is 7.20. The first-order chi connectivity index (χ1) is 15.7. The first-order valence-electron chi connectivity index (χ1n) is 9.41. The summed E-state index contributed by atoms with van der Waals surface area (Å²) in [5.74, 6) is -2.31. The summed E-state index contributed by atoms with van der Waals surface area (Å²) in [4.78, 5) is 36.3. The normalized spacial score (nSPS) is 10.7. The number of nitrogens with zero attached hydrogens (tertiary/aromatic N) is 1. The molecular weight excluding hydrogens is 489 g/mol. The van der Waals surface area contributed by atoms with Crippen LogP contribution in [0.15, 0.2) is 65.8 Å². The van der Waals surface area contributed by atoms with E-state index in [0.717, 1.165) is 5.56 Å². The highest BCUT2D eigenvalue weighted by molar-refractivity contribution is 6.40. The van der Waals surface area contributed by atoms with Gasteiger partial charge in [-0.1, -0.05) is 53.0 Å². The molecule has 7 nitrogen and oxygen atoms in total. The summed E-state index contributed by atoms with van der Waals surface area (Å²) >= 11 is 17.9. The average molecular weight is 505 g/mol. The lowest BCUT2D eigenvalue weighted by Crippen LogP contribution is -2.32. The number of anilines is 1. The lowest BCUT2D eigenvalue weighted by atomic mass is 10.2. The van der Waals surface area contributed by atoms with Crippen LogP contribution in [0.1, 0.15) is 21.5 Å². The molecule has 33 heavy (non-hydrogen) atoms. The number of amides is 2. The van der Waals surface area contributed by atoms with Gasteiger partial charge in [-0.05, 0) is 60.5 Å². The van der Waals surface area contributed by atoms with Gasteiger partial charge in [0, 0.05) is 15.7 Å². The van der Waals surface area contributed by atoms with Gasteiger partial charge in [0.1, 0.15) is 5.75 Å². The molecule has 0 aliphatic heterocycles. The van der Waals surface area contributed by atoms with Crippen LogP contribution in [0.4, 0.5) is 5.69 Å². The number of halogens is 3. The Kier molecular flexibility index (Phi) is 8.06. The molecule has 2 N–H and O–H groups in total. The molecular formula is C23H16Cl3N3O4. The largest absolute Gasteiger partial charge is 0.423 e. The van der Waals surface area contributed by atoms with E-state index in [1.54, 1.807) is 30.3 Å². The van der Waals surface area contributed by atoms with Crippen molar-refractivity contribution in [3.63, 3.8) is 0 Å². The van der Waals surface area contributed by atoms with E-state index in [2.05, 4.69) is 15.8 Å². The Balaban J connectivity index is 1.58. The summed E-state index contributed by atoms with van der Waals surface area (Å²) in [6.45, 7) is 1.82. The van der Waals surface area contributed by atoms with E-state index in [-0.39, 0.29) is 16.3 Å². The number of esters is 1. The highest BCUT2D eigenvalue weighted by Gasteiger charge is 2.14. The Morgan fingerprint density at radius 2 is 1.70 bits per heavy atom. The van der Waals surface area contributed by atoms with E-state index in [1.165, 1.54) is 36.5 Å². The Morgan fingerprint density at radius 3 is 2.42 bits per heavy atom. The highest BCUT2D eigenvalue weighted by Crippen LogP contribution is 2.23. The topological polar surface area (TPSA) is 96.9 Å². The molecule has 3 aromatic rings. The van der Waals surface area contributed by atoms with Crippen molar-refractivity contribution in [2.75, 3.05) is 5.32 Å². The van der Waals surface area contributed by atoms with Crippen molar-refractivity contribution >= 4 is 64.5 Å². The Morgan fingerprint density at radius 1 is 0.909 bits per heavy atom. The second-order valence-electron chi connectivity index (χ2n) is 6.70. The van der Waals surface area contributed by atoms with E-state index in [0.29, 0.717) is 21.3 Å². The number of nitrogens with one attached hydrogen (secondary N) is 2. The third-order valence-electron chi connectivity index (χ3n) is 4.24. The molecule has 2 amide bonds. The molecule has 0 aromatic heterocycles. The van der Waals surface area contributed by atoms with Crippen LogP contribution < -0.4 is 15.5 Å². The molecule has 0 atom stereocenters. The summed E-state index contributed by atoms with van der Waals surface area (Å²) in [6.07, 6.45) is 1.29. The van der Waals surface area contributed by atoms with Crippen molar-refractivity contribution in [3.8, 4) is 5.75 Å². The first kappa shape index (κ1) is 24.3. The molecule has 0 unspecified atom stereocenters. The number of carbonyl (C=O) groups is 3. The maximum Gasteiger partial charge on any atom is 0.345 e. The van der Waals surface area contributed by atoms with Gasteiger partial charge in [-0.15, -0.1) is 0 Å². The van der Waals surface area contributed by atoms with Crippen molar-refractivity contribution in [1.29, 1.82) is 0 Å². The molecule has 0 aliphatic rings. The molecule has 0 heterocycles. The van der Waals surface area contributed by atoms with E-state index in [9.17, 15) is 14.4 Å². The fraction of sp³-hybridized carbons (Fsp3) is 0.0435. The summed E-state index contributed by atoms with van der Waals surface area (Å²) < 4.78 is 5.32. The number of hydrazone groups is 1. The fourth-order valence-electron chi connectivity index (χ4n) is 2.55. The van der Waals surface area contributed by atoms with Crippen molar-refractivity contribution in [2.24, 2.45) is 5.10 Å². The van der Waals surface area contributed by atoms with Crippen LogP contribution >= 0.6 is 34.8 Å². The van der Waals surface area contributed by atoms with Gasteiger partial charge in [0.15, 0.2) is 0 Å². The Bertz CT molecular complexity index is 1260. The molecule has 3 rings (SSSR count). The van der Waals surface area contributed by atoms with Gasteiger partial charge in [-0.3, -0.25) is 9.59 Å². The Labute approximate surface area is 204 Å². The standard InChI is InChI=1S/C23H16Cl3N3O4/c1-13-5-7-16(11-19(13)25)28-21(30)22(31)29-27-12-14-3-2-4-17(9-14)33-23(32)18-8-6-15(24)10-20(18)26/h2-12H,1H3,(H,28,30)(H,29,31)/b27-12-. The molecule has 0 radical (unpaired) electrons. The first-order valence-corrected chi connectivity index (χ1v) is 10.5. The molecule has 168 valence electrons. The zero-order valence-electron chi connectivity index (χ0n) is 17.1. The van der Waals surface area contributed by atoms with Gasteiger partial charge in [0.25, 0.3) is 0 Å². The van der Waals surface area contributed by atoms with Crippen molar-refractivity contribution in [3.05, 3.63) is 92.4 Å². The van der Waals surface area contributed by atoms with Gasteiger partial charge in [-0.2, -0.15) is 5.10 Å².